The lowest BCUT2D eigenvalue weighted by Gasteiger charge is -2.12. The van der Waals surface area contributed by atoms with Crippen molar-refractivity contribution in [1.29, 1.82) is 0 Å². The van der Waals surface area contributed by atoms with E-state index in [9.17, 15) is 6.85 Å². The number of para-hydroxylation sites is 1. The van der Waals surface area contributed by atoms with Crippen LogP contribution < -0.4 is 0 Å². The SMILES string of the molecule is [2H]c1c([2H])c([2H])c2c(oc3c([2H])c(-c4nc(-c5ccccc5)nc(-c5cc(-c6ccccc6)cc(-c6ccccc6)c5)n4)c([2H])c([2H])c32)c1-c1cc(-c2ccccc2)cc(-c2ccccc2)c1. The van der Waals surface area contributed by atoms with Crippen molar-refractivity contribution in [3.8, 4) is 89.8 Å². The molecule has 0 N–H and O–H groups in total. The van der Waals surface area contributed by atoms with Gasteiger partial charge in [-0.05, 0) is 98.6 Å². The summed E-state index contributed by atoms with van der Waals surface area (Å²) in [6.07, 6.45) is 0. The van der Waals surface area contributed by atoms with Gasteiger partial charge in [-0.3, -0.25) is 0 Å². The van der Waals surface area contributed by atoms with Crippen LogP contribution >= 0.6 is 0 Å². The number of rotatable bonds is 8. The molecule has 0 fully saturated rings. The first-order valence-corrected chi connectivity index (χ1v) is 20.0. The van der Waals surface area contributed by atoms with Crippen LogP contribution in [0.3, 0.4) is 0 Å². The molecular weight excluding hydrogens is 743 g/mol. The van der Waals surface area contributed by atoms with E-state index in [0.717, 1.165) is 44.5 Å². The predicted octanol–water partition coefficient (Wildman–Crippen LogP) is 15.1. The fourth-order valence-electron chi connectivity index (χ4n) is 7.78. The zero-order valence-corrected chi connectivity index (χ0v) is 32.6. The van der Waals surface area contributed by atoms with Gasteiger partial charge in [0.1, 0.15) is 11.2 Å². The average Bonchev–Trinajstić information content (AvgIpc) is 3.79. The predicted molar refractivity (Wildman–Crippen MR) is 251 cm³/mol. The summed E-state index contributed by atoms with van der Waals surface area (Å²) in [6, 6.07) is 59.5. The summed E-state index contributed by atoms with van der Waals surface area (Å²) in [5, 5.41) is 0.125. The molecule has 2 heterocycles. The van der Waals surface area contributed by atoms with E-state index in [1.807, 2.05) is 176 Å². The highest BCUT2D eigenvalue weighted by atomic mass is 16.3. The molecule has 0 radical (unpaired) electrons. The first-order chi connectivity index (χ1) is 32.7. The van der Waals surface area contributed by atoms with Crippen LogP contribution in [0, 0.1) is 0 Å². The van der Waals surface area contributed by atoms with Crippen LogP contribution in [0.25, 0.3) is 112 Å². The Morgan fingerprint density at radius 3 is 1.20 bits per heavy atom. The average molecular weight is 786 g/mol. The number of fused-ring (bicyclic) bond motifs is 3. The maximum Gasteiger partial charge on any atom is 0.164 e. The third kappa shape index (κ3) is 7.07. The molecule has 0 atom stereocenters. The summed E-state index contributed by atoms with van der Waals surface area (Å²) >= 11 is 0. The third-order valence-electron chi connectivity index (χ3n) is 10.8. The Hall–Kier alpha value is -8.21. The molecule has 0 aliphatic carbocycles. The van der Waals surface area contributed by atoms with Gasteiger partial charge in [-0.15, -0.1) is 0 Å². The van der Waals surface area contributed by atoms with Gasteiger partial charge in [0.05, 0.1) is 8.22 Å². The molecule has 0 saturated heterocycles. The molecule has 11 aromatic rings. The second-order valence-corrected chi connectivity index (χ2v) is 14.7. The van der Waals surface area contributed by atoms with E-state index in [0.29, 0.717) is 28.3 Å². The van der Waals surface area contributed by atoms with E-state index in [1.54, 1.807) is 0 Å². The van der Waals surface area contributed by atoms with E-state index < -0.39 is 0 Å². The minimum Gasteiger partial charge on any atom is -0.455 e. The fourth-order valence-corrected chi connectivity index (χ4v) is 7.78. The lowest BCUT2D eigenvalue weighted by atomic mass is 9.92. The largest absolute Gasteiger partial charge is 0.455 e. The van der Waals surface area contributed by atoms with E-state index >= 15 is 0 Å². The van der Waals surface area contributed by atoms with Crippen molar-refractivity contribution in [1.82, 2.24) is 15.0 Å². The molecule has 11 rings (SSSR count). The molecule has 2 aromatic heterocycles. The van der Waals surface area contributed by atoms with Crippen molar-refractivity contribution in [2.45, 2.75) is 0 Å². The quantitative estimate of drug-likeness (QED) is 0.154. The van der Waals surface area contributed by atoms with Gasteiger partial charge < -0.3 is 4.42 Å². The smallest absolute Gasteiger partial charge is 0.164 e. The maximum atomic E-state index is 9.78. The number of hydrogen-bond donors (Lipinski definition) is 0. The Morgan fingerprint density at radius 1 is 0.328 bits per heavy atom. The number of aromatic nitrogens is 3. The molecule has 4 heteroatoms. The summed E-state index contributed by atoms with van der Waals surface area (Å²) in [4.78, 5) is 14.9. The van der Waals surface area contributed by atoms with Crippen LogP contribution in [0.5, 0.6) is 0 Å². The zero-order chi connectivity index (χ0) is 45.8. The Kier molecular flexibility index (Phi) is 7.61. The van der Waals surface area contributed by atoms with Crippen LogP contribution in [0.2, 0.25) is 0 Å². The maximum absolute atomic E-state index is 9.78. The van der Waals surface area contributed by atoms with Crippen molar-refractivity contribution in [2.75, 3.05) is 0 Å². The van der Waals surface area contributed by atoms with E-state index in [-0.39, 0.29) is 75.1 Å². The normalized spacial score (nSPS) is 12.7. The topological polar surface area (TPSA) is 51.8 Å². The first-order valence-electron chi connectivity index (χ1n) is 23.0. The second-order valence-electron chi connectivity index (χ2n) is 14.7. The fraction of sp³-hybridized carbons (Fsp3) is 0. The summed E-state index contributed by atoms with van der Waals surface area (Å²) in [5.41, 5.74) is 9.62. The number of nitrogens with zero attached hydrogens (tertiary/aromatic N) is 3. The summed E-state index contributed by atoms with van der Waals surface area (Å²) in [7, 11) is 0. The zero-order valence-electron chi connectivity index (χ0n) is 38.6. The highest BCUT2D eigenvalue weighted by molar-refractivity contribution is 6.10. The van der Waals surface area contributed by atoms with Crippen molar-refractivity contribution < 1.29 is 12.6 Å². The van der Waals surface area contributed by atoms with E-state index in [1.165, 1.54) is 0 Å². The van der Waals surface area contributed by atoms with Crippen molar-refractivity contribution >= 4 is 21.9 Å². The minimum atomic E-state index is -0.361. The number of benzene rings is 9. The molecular formula is C57H37N3O. The van der Waals surface area contributed by atoms with Crippen LogP contribution in [0.15, 0.2) is 229 Å². The lowest BCUT2D eigenvalue weighted by Crippen LogP contribution is -2.00. The van der Waals surface area contributed by atoms with E-state index in [2.05, 4.69) is 12.1 Å². The highest BCUT2D eigenvalue weighted by Gasteiger charge is 2.18. The standard InChI is InChI=1S/C57H37N3O/c1-6-17-38(18-7-1)44-31-45(39-19-8-2-9-20-39)34-48(33-44)50-27-16-28-52-51-30-29-43(37-53(51)61-54(50)52)56-58-55(42-25-14-5-15-26-42)59-57(60-56)49-35-46(40-21-10-3-11-22-40)32-47(36-49)41-23-12-4-13-24-41/h1-37H/i16D,27D,28D,29D,30D,37D. The van der Waals surface area contributed by atoms with Crippen LogP contribution in [0.4, 0.5) is 0 Å². The van der Waals surface area contributed by atoms with Gasteiger partial charge in [0.25, 0.3) is 0 Å². The molecule has 0 saturated carbocycles. The Morgan fingerprint density at radius 2 is 0.721 bits per heavy atom. The summed E-state index contributed by atoms with van der Waals surface area (Å²) in [6.45, 7) is 0. The molecule has 0 unspecified atom stereocenters. The Labute approximate surface area is 362 Å². The molecule has 0 aliphatic rings. The lowest BCUT2D eigenvalue weighted by molar-refractivity contribution is 0.670. The molecule has 61 heavy (non-hydrogen) atoms. The molecule has 0 spiro atoms. The minimum absolute atomic E-state index is 0.00201. The molecule has 0 aliphatic heterocycles. The van der Waals surface area contributed by atoms with Gasteiger partial charge in [-0.25, -0.2) is 15.0 Å². The molecule has 4 nitrogen and oxygen atoms in total. The van der Waals surface area contributed by atoms with Crippen molar-refractivity contribution in [3.63, 3.8) is 0 Å². The van der Waals surface area contributed by atoms with Crippen LogP contribution in [0.1, 0.15) is 8.22 Å². The summed E-state index contributed by atoms with van der Waals surface area (Å²) < 4.78 is 63.1. The highest BCUT2D eigenvalue weighted by Crippen LogP contribution is 2.41. The van der Waals surface area contributed by atoms with Crippen molar-refractivity contribution in [2.24, 2.45) is 0 Å². The van der Waals surface area contributed by atoms with Gasteiger partial charge in [0, 0.05) is 33.0 Å². The van der Waals surface area contributed by atoms with Gasteiger partial charge >= 0.3 is 0 Å². The Balaban J connectivity index is 1.16. The number of furan rings is 1. The molecule has 9 aromatic carbocycles. The second kappa shape index (κ2) is 15.5. The first kappa shape index (κ1) is 29.9. The van der Waals surface area contributed by atoms with Crippen LogP contribution in [-0.2, 0) is 0 Å². The summed E-state index contributed by atoms with van der Waals surface area (Å²) in [5.74, 6) is 0.607. The molecule has 0 bridgehead atoms. The molecule has 0 amide bonds. The van der Waals surface area contributed by atoms with Gasteiger partial charge in [-0.1, -0.05) is 176 Å². The monoisotopic (exact) mass is 785 g/mol. The number of hydrogen-bond acceptors (Lipinski definition) is 4. The molecule has 286 valence electrons. The van der Waals surface area contributed by atoms with Gasteiger partial charge in [-0.2, -0.15) is 0 Å². The Bertz CT molecular complexity index is 3570. The van der Waals surface area contributed by atoms with Crippen LogP contribution in [-0.4, -0.2) is 15.0 Å². The van der Waals surface area contributed by atoms with Gasteiger partial charge in [0.2, 0.25) is 0 Å². The van der Waals surface area contributed by atoms with Crippen molar-refractivity contribution in [3.05, 3.63) is 224 Å². The third-order valence-corrected chi connectivity index (χ3v) is 10.8. The van der Waals surface area contributed by atoms with Gasteiger partial charge in [0.15, 0.2) is 17.5 Å². The van der Waals surface area contributed by atoms with E-state index in [4.69, 9.17) is 20.7 Å².